The highest BCUT2D eigenvalue weighted by molar-refractivity contribution is 7.10. The third-order valence-electron chi connectivity index (χ3n) is 1.68. The summed E-state index contributed by atoms with van der Waals surface area (Å²) in [5.74, 6) is -0.349. The third-order valence-corrected chi connectivity index (χ3v) is 2.31. The Labute approximate surface area is 81.3 Å². The van der Waals surface area contributed by atoms with Crippen LogP contribution in [0.15, 0.2) is 0 Å². The minimum atomic E-state index is -0.473. The number of alkyl halides is 1. The maximum Gasteiger partial charge on any atom is 0.326 e. The molecule has 0 rings (SSSR count). The summed E-state index contributed by atoms with van der Waals surface area (Å²) in [5.41, 5.74) is 0. The fourth-order valence-corrected chi connectivity index (χ4v) is 1.40. The lowest BCUT2D eigenvalue weighted by Crippen LogP contribution is -2.13. The molecule has 0 saturated carbocycles. The number of unbranched alkanes of at least 4 members (excludes halogenated alkanes) is 3. The van der Waals surface area contributed by atoms with Gasteiger partial charge in [-0.3, -0.25) is 4.79 Å². The molecule has 72 valence electrons. The summed E-state index contributed by atoms with van der Waals surface area (Å²) in [6.07, 6.45) is 5.26. The lowest BCUT2D eigenvalue weighted by molar-refractivity contribution is -0.132. The molecule has 0 aliphatic heterocycles. The molecule has 0 heterocycles. The Morgan fingerprint density at radius 3 is 2.67 bits per heavy atom. The van der Waals surface area contributed by atoms with Crippen LogP contribution < -0.4 is 0 Å². The van der Waals surface area contributed by atoms with E-state index in [1.165, 1.54) is 12.8 Å². The van der Waals surface area contributed by atoms with E-state index in [1.54, 1.807) is 0 Å². The molecule has 0 bridgehead atoms. The standard InChI is InChI=1S/C8H16ClO2P/c1-2-3-4-5-6-7(9)8(10)11-12/h7H,2-6,12H2,1H3. The molecule has 0 radical (unpaired) electrons. The van der Waals surface area contributed by atoms with Crippen molar-refractivity contribution in [3.05, 3.63) is 0 Å². The van der Waals surface area contributed by atoms with Gasteiger partial charge in [0.1, 0.15) is 5.38 Å². The molecule has 4 heteroatoms. The Morgan fingerprint density at radius 2 is 2.17 bits per heavy atom. The predicted molar refractivity (Wildman–Crippen MR) is 54.2 cm³/mol. The Morgan fingerprint density at radius 1 is 1.50 bits per heavy atom. The van der Waals surface area contributed by atoms with E-state index in [4.69, 9.17) is 11.6 Å². The van der Waals surface area contributed by atoms with Gasteiger partial charge in [-0.1, -0.05) is 32.6 Å². The molecule has 0 aliphatic rings. The first kappa shape index (κ1) is 12.2. The molecule has 0 saturated heterocycles. The van der Waals surface area contributed by atoms with E-state index in [0.717, 1.165) is 19.3 Å². The number of carbonyl (C=O) groups is 1. The number of carbonyl (C=O) groups excluding carboxylic acids is 1. The average Bonchev–Trinajstić information content (AvgIpc) is 2.10. The van der Waals surface area contributed by atoms with E-state index in [0.29, 0.717) is 0 Å². The second-order valence-electron chi connectivity index (χ2n) is 2.75. The van der Waals surface area contributed by atoms with Gasteiger partial charge in [0.05, 0.1) is 9.47 Å². The minimum absolute atomic E-state index is 0.349. The molecule has 0 aliphatic carbocycles. The number of hydrogen-bond donors (Lipinski definition) is 0. The summed E-state index contributed by atoms with van der Waals surface area (Å²) >= 11 is 5.72. The largest absolute Gasteiger partial charge is 0.450 e. The quantitative estimate of drug-likeness (QED) is 0.383. The van der Waals surface area contributed by atoms with Crippen LogP contribution in [0.4, 0.5) is 0 Å². The van der Waals surface area contributed by atoms with Gasteiger partial charge in [0.15, 0.2) is 0 Å². The van der Waals surface area contributed by atoms with Gasteiger partial charge >= 0.3 is 5.97 Å². The number of halogens is 1. The molecular formula is C8H16ClO2P. The van der Waals surface area contributed by atoms with Gasteiger partial charge in [-0.25, -0.2) is 0 Å². The predicted octanol–water partition coefficient (Wildman–Crippen LogP) is 2.90. The van der Waals surface area contributed by atoms with Crippen LogP contribution >= 0.6 is 21.1 Å². The van der Waals surface area contributed by atoms with Crippen LogP contribution in [0.25, 0.3) is 0 Å². The highest BCUT2D eigenvalue weighted by atomic mass is 35.5. The van der Waals surface area contributed by atoms with Crippen LogP contribution in [0, 0.1) is 0 Å². The first-order valence-electron chi connectivity index (χ1n) is 4.27. The zero-order valence-corrected chi connectivity index (χ0v) is 9.30. The van der Waals surface area contributed by atoms with E-state index >= 15 is 0 Å². The fourth-order valence-electron chi connectivity index (χ4n) is 0.942. The molecule has 0 aromatic carbocycles. The van der Waals surface area contributed by atoms with Crippen molar-refractivity contribution < 1.29 is 9.32 Å². The Hall–Kier alpha value is 0.190. The third kappa shape index (κ3) is 5.79. The second kappa shape index (κ2) is 7.82. The van der Waals surface area contributed by atoms with Crippen molar-refractivity contribution in [1.29, 1.82) is 0 Å². The van der Waals surface area contributed by atoms with Crippen LogP contribution in [0.3, 0.4) is 0 Å². The minimum Gasteiger partial charge on any atom is -0.450 e. The molecular weight excluding hydrogens is 195 g/mol. The lowest BCUT2D eigenvalue weighted by Gasteiger charge is -2.05. The molecule has 2 atom stereocenters. The second-order valence-corrected chi connectivity index (χ2v) is 3.52. The molecule has 0 aromatic rings. The Kier molecular flexibility index (Phi) is 7.94. The summed E-state index contributed by atoms with van der Waals surface area (Å²) in [7, 11) is 1.92. The van der Waals surface area contributed by atoms with Gasteiger partial charge in [0.25, 0.3) is 0 Å². The van der Waals surface area contributed by atoms with Crippen molar-refractivity contribution in [3.63, 3.8) is 0 Å². The zero-order chi connectivity index (χ0) is 9.40. The molecule has 0 amide bonds. The van der Waals surface area contributed by atoms with Crippen LogP contribution in [0.2, 0.25) is 0 Å². The molecule has 0 N–H and O–H groups in total. The number of rotatable bonds is 6. The van der Waals surface area contributed by atoms with Crippen molar-refractivity contribution >= 4 is 27.0 Å². The maximum absolute atomic E-state index is 10.8. The van der Waals surface area contributed by atoms with Crippen molar-refractivity contribution in [2.75, 3.05) is 0 Å². The first-order valence-corrected chi connectivity index (χ1v) is 5.17. The van der Waals surface area contributed by atoms with Gasteiger partial charge in [0.2, 0.25) is 0 Å². The summed E-state index contributed by atoms with van der Waals surface area (Å²) in [4.78, 5) is 10.8. The van der Waals surface area contributed by atoms with Gasteiger partial charge in [0, 0.05) is 0 Å². The van der Waals surface area contributed by atoms with E-state index in [9.17, 15) is 4.79 Å². The van der Waals surface area contributed by atoms with Crippen molar-refractivity contribution in [1.82, 2.24) is 0 Å². The number of hydrogen-bond acceptors (Lipinski definition) is 2. The van der Waals surface area contributed by atoms with Gasteiger partial charge in [-0.2, -0.15) is 0 Å². The van der Waals surface area contributed by atoms with Crippen LogP contribution in [-0.2, 0) is 9.32 Å². The molecule has 0 aromatic heterocycles. The van der Waals surface area contributed by atoms with Crippen molar-refractivity contribution in [3.8, 4) is 0 Å². The van der Waals surface area contributed by atoms with Crippen LogP contribution in [0.5, 0.6) is 0 Å². The van der Waals surface area contributed by atoms with Gasteiger partial charge in [-0.15, -0.1) is 11.6 Å². The highest BCUT2D eigenvalue weighted by Crippen LogP contribution is 2.12. The lowest BCUT2D eigenvalue weighted by atomic mass is 10.1. The molecule has 2 nitrogen and oxygen atoms in total. The maximum atomic E-state index is 10.8. The smallest absolute Gasteiger partial charge is 0.326 e. The van der Waals surface area contributed by atoms with E-state index in [1.807, 2.05) is 9.47 Å². The van der Waals surface area contributed by atoms with E-state index in [2.05, 4.69) is 11.4 Å². The van der Waals surface area contributed by atoms with Crippen LogP contribution in [0.1, 0.15) is 39.0 Å². The molecule has 0 spiro atoms. The topological polar surface area (TPSA) is 26.3 Å². The van der Waals surface area contributed by atoms with Crippen molar-refractivity contribution in [2.24, 2.45) is 0 Å². The summed E-state index contributed by atoms with van der Waals surface area (Å²) in [6.45, 7) is 2.15. The summed E-state index contributed by atoms with van der Waals surface area (Å²) < 4.78 is 4.41. The molecule has 0 fully saturated rings. The van der Waals surface area contributed by atoms with Gasteiger partial charge < -0.3 is 4.52 Å². The average molecular weight is 211 g/mol. The zero-order valence-electron chi connectivity index (χ0n) is 7.38. The van der Waals surface area contributed by atoms with Gasteiger partial charge in [-0.05, 0) is 6.42 Å². The van der Waals surface area contributed by atoms with Crippen molar-refractivity contribution in [2.45, 2.75) is 44.4 Å². The normalized spacial score (nSPS) is 12.6. The Bertz CT molecular complexity index is 130. The monoisotopic (exact) mass is 210 g/mol. The van der Waals surface area contributed by atoms with E-state index in [-0.39, 0.29) is 5.97 Å². The SMILES string of the molecule is CCCCCCC(Cl)C(=O)OP. The first-order chi connectivity index (χ1) is 5.72. The van der Waals surface area contributed by atoms with Crippen LogP contribution in [-0.4, -0.2) is 11.3 Å². The highest BCUT2D eigenvalue weighted by Gasteiger charge is 2.14. The molecule has 2 unspecified atom stereocenters. The molecule has 12 heavy (non-hydrogen) atoms. The summed E-state index contributed by atoms with van der Waals surface area (Å²) in [6, 6.07) is 0. The fraction of sp³-hybridized carbons (Fsp3) is 0.875. The summed E-state index contributed by atoms with van der Waals surface area (Å²) in [5, 5.41) is -0.473. The Balaban J connectivity index is 3.31. The van der Waals surface area contributed by atoms with E-state index < -0.39 is 5.38 Å².